The van der Waals surface area contributed by atoms with E-state index >= 15 is 0 Å². The van der Waals surface area contributed by atoms with Crippen molar-refractivity contribution in [3.63, 3.8) is 0 Å². The molecule has 0 fully saturated rings. The minimum atomic E-state index is -5.04. The highest BCUT2D eigenvalue weighted by Gasteiger charge is 2.39. The van der Waals surface area contributed by atoms with Crippen molar-refractivity contribution < 1.29 is 37.0 Å². The lowest BCUT2D eigenvalue weighted by molar-refractivity contribution is -0.153. The molecule has 1 heterocycles. The van der Waals surface area contributed by atoms with Crippen molar-refractivity contribution in [2.24, 2.45) is 0 Å². The molecule has 0 spiro atoms. The molecule has 3 rings (SSSR count). The molecule has 27 heavy (non-hydrogen) atoms. The van der Waals surface area contributed by atoms with Gasteiger partial charge in [0.2, 0.25) is 5.76 Å². The van der Waals surface area contributed by atoms with Gasteiger partial charge in [0.05, 0.1) is 16.5 Å². The number of phenolic OH excluding ortho intramolecular Hbond substituents is 1. The number of aromatic hydroxyl groups is 1. The zero-order chi connectivity index (χ0) is 19.9. The number of halogens is 4. The van der Waals surface area contributed by atoms with Gasteiger partial charge < -0.3 is 14.6 Å². The van der Waals surface area contributed by atoms with Crippen LogP contribution in [0.25, 0.3) is 11.0 Å². The second kappa shape index (κ2) is 6.42. The van der Waals surface area contributed by atoms with Gasteiger partial charge in [-0.3, -0.25) is 4.79 Å². The summed E-state index contributed by atoms with van der Waals surface area (Å²) in [6, 6.07) is 5.76. The average molecular weight is 382 g/mol. The van der Waals surface area contributed by atoms with Crippen LogP contribution in [-0.4, -0.2) is 16.2 Å². The third-order valence-corrected chi connectivity index (χ3v) is 3.89. The molecule has 140 valence electrons. The van der Waals surface area contributed by atoms with Gasteiger partial charge >= 0.3 is 12.1 Å². The molecule has 1 aromatic heterocycles. The molecule has 0 unspecified atom stereocenters. The first-order valence-corrected chi connectivity index (χ1v) is 7.45. The first-order valence-electron chi connectivity index (χ1n) is 7.45. The Hall–Kier alpha value is -3.36. The first-order chi connectivity index (χ1) is 12.6. The van der Waals surface area contributed by atoms with Crippen LogP contribution in [0.4, 0.5) is 17.6 Å². The Kier molecular flexibility index (Phi) is 4.38. The lowest BCUT2D eigenvalue weighted by Crippen LogP contribution is -2.19. The number of fused-ring (bicyclic) bond motifs is 1. The van der Waals surface area contributed by atoms with Gasteiger partial charge in [0, 0.05) is 12.5 Å². The van der Waals surface area contributed by atoms with Gasteiger partial charge in [-0.25, -0.2) is 9.18 Å². The molecule has 9 heteroatoms. The van der Waals surface area contributed by atoms with E-state index in [4.69, 9.17) is 9.52 Å². The third kappa shape index (κ3) is 3.48. The standard InChI is InChI=1S/C18H10F4O5/c19-13-6-9(17(25)26)2-1-8(13)5-12-15(24)11-4-3-10(23)7-14(11)27-16(12)18(20,21)22/h1-4,6-7,23H,5H2,(H,25,26). The maximum Gasteiger partial charge on any atom is 0.449 e. The number of hydrogen-bond acceptors (Lipinski definition) is 4. The van der Waals surface area contributed by atoms with Crippen LogP contribution in [0.5, 0.6) is 5.75 Å². The molecule has 0 aliphatic rings. The summed E-state index contributed by atoms with van der Waals surface area (Å²) in [5.74, 6) is -4.45. The van der Waals surface area contributed by atoms with Crippen LogP contribution < -0.4 is 5.43 Å². The summed E-state index contributed by atoms with van der Waals surface area (Å²) in [6.07, 6.45) is -5.79. The van der Waals surface area contributed by atoms with Crippen molar-refractivity contribution >= 4 is 16.9 Å². The predicted molar refractivity (Wildman–Crippen MR) is 85.3 cm³/mol. The normalized spacial score (nSPS) is 11.7. The number of carbonyl (C=O) groups is 1. The highest BCUT2D eigenvalue weighted by atomic mass is 19.4. The van der Waals surface area contributed by atoms with Crippen molar-refractivity contribution in [3.8, 4) is 5.75 Å². The third-order valence-electron chi connectivity index (χ3n) is 3.89. The van der Waals surface area contributed by atoms with E-state index in [-0.39, 0.29) is 22.3 Å². The topological polar surface area (TPSA) is 87.7 Å². The van der Waals surface area contributed by atoms with E-state index < -0.39 is 46.7 Å². The summed E-state index contributed by atoms with van der Waals surface area (Å²) >= 11 is 0. The fraction of sp³-hybridized carbons (Fsp3) is 0.111. The van der Waals surface area contributed by atoms with Crippen LogP contribution in [0.1, 0.15) is 27.2 Å². The molecule has 0 saturated carbocycles. The second-order valence-electron chi connectivity index (χ2n) is 5.71. The van der Waals surface area contributed by atoms with E-state index in [1.807, 2.05) is 0 Å². The molecule has 0 aliphatic carbocycles. The molecule has 0 radical (unpaired) electrons. The number of aromatic carboxylic acids is 1. The van der Waals surface area contributed by atoms with Crippen molar-refractivity contribution in [2.75, 3.05) is 0 Å². The Balaban J connectivity index is 2.21. The van der Waals surface area contributed by atoms with Crippen molar-refractivity contribution in [1.29, 1.82) is 0 Å². The average Bonchev–Trinajstić information content (AvgIpc) is 2.57. The minimum Gasteiger partial charge on any atom is -0.508 e. The molecule has 2 aromatic carbocycles. The van der Waals surface area contributed by atoms with E-state index in [1.54, 1.807) is 0 Å². The molecule has 0 aliphatic heterocycles. The molecule has 0 saturated heterocycles. The van der Waals surface area contributed by atoms with Gasteiger partial charge in [0.15, 0.2) is 5.43 Å². The summed E-state index contributed by atoms with van der Waals surface area (Å²) < 4.78 is 59.0. The largest absolute Gasteiger partial charge is 0.508 e. The SMILES string of the molecule is O=C(O)c1ccc(Cc2c(C(F)(F)F)oc3cc(O)ccc3c2=O)c(F)c1. The van der Waals surface area contributed by atoms with E-state index in [9.17, 15) is 32.3 Å². The molecule has 5 nitrogen and oxygen atoms in total. The Labute approximate surface area is 148 Å². The van der Waals surface area contributed by atoms with Gasteiger partial charge in [-0.1, -0.05) is 6.07 Å². The number of benzene rings is 2. The van der Waals surface area contributed by atoms with Crippen molar-refractivity contribution in [1.82, 2.24) is 0 Å². The van der Waals surface area contributed by atoms with Crippen LogP contribution in [0, 0.1) is 5.82 Å². The number of hydrogen-bond donors (Lipinski definition) is 2. The molecule has 0 atom stereocenters. The number of carboxylic acids is 1. The summed E-state index contributed by atoms with van der Waals surface area (Å²) in [5, 5.41) is 18.0. The highest BCUT2D eigenvalue weighted by molar-refractivity contribution is 5.87. The second-order valence-corrected chi connectivity index (χ2v) is 5.71. The quantitative estimate of drug-likeness (QED) is 0.670. The zero-order valence-corrected chi connectivity index (χ0v) is 13.3. The molecule has 0 bridgehead atoms. The van der Waals surface area contributed by atoms with Gasteiger partial charge in [-0.05, 0) is 29.8 Å². The zero-order valence-electron chi connectivity index (χ0n) is 13.3. The Morgan fingerprint density at radius 1 is 1.11 bits per heavy atom. The molecule has 3 aromatic rings. The van der Waals surface area contributed by atoms with Crippen LogP contribution in [0.15, 0.2) is 45.6 Å². The lowest BCUT2D eigenvalue weighted by Gasteiger charge is -2.13. The molecule has 2 N–H and O–H groups in total. The maximum absolute atomic E-state index is 14.1. The minimum absolute atomic E-state index is 0.210. The lowest BCUT2D eigenvalue weighted by atomic mass is 10.00. The molecular formula is C18H10F4O5. The van der Waals surface area contributed by atoms with Gasteiger partial charge in [-0.15, -0.1) is 0 Å². The molecular weight excluding hydrogens is 372 g/mol. The number of carboxylic acid groups (broad SMARTS) is 1. The Bertz CT molecular complexity index is 1120. The van der Waals surface area contributed by atoms with Crippen molar-refractivity contribution in [2.45, 2.75) is 12.6 Å². The van der Waals surface area contributed by atoms with E-state index in [0.717, 1.165) is 30.3 Å². The fourth-order valence-corrected chi connectivity index (χ4v) is 2.62. The van der Waals surface area contributed by atoms with E-state index in [0.29, 0.717) is 6.07 Å². The number of rotatable bonds is 3. The van der Waals surface area contributed by atoms with Crippen LogP contribution in [0.3, 0.4) is 0 Å². The van der Waals surface area contributed by atoms with Gasteiger partial charge in [0.25, 0.3) is 0 Å². The monoisotopic (exact) mass is 382 g/mol. The summed E-state index contributed by atoms with van der Waals surface area (Å²) in [7, 11) is 0. The van der Waals surface area contributed by atoms with Crippen LogP contribution >= 0.6 is 0 Å². The number of phenols is 1. The first kappa shape index (κ1) is 18.4. The maximum atomic E-state index is 14.1. The van der Waals surface area contributed by atoms with Crippen molar-refractivity contribution in [3.05, 3.63) is 74.9 Å². The smallest absolute Gasteiger partial charge is 0.449 e. The summed E-state index contributed by atoms with van der Waals surface area (Å²) in [5.41, 5.74) is -2.98. The van der Waals surface area contributed by atoms with Gasteiger partial charge in [0.1, 0.15) is 17.1 Å². The van der Waals surface area contributed by atoms with Gasteiger partial charge in [-0.2, -0.15) is 13.2 Å². The fourth-order valence-electron chi connectivity index (χ4n) is 2.62. The van der Waals surface area contributed by atoms with E-state index in [2.05, 4.69) is 0 Å². The van der Waals surface area contributed by atoms with Crippen LogP contribution in [-0.2, 0) is 12.6 Å². The Morgan fingerprint density at radius 3 is 2.41 bits per heavy atom. The highest BCUT2D eigenvalue weighted by Crippen LogP contribution is 2.34. The molecule has 0 amide bonds. The van der Waals surface area contributed by atoms with Crippen LogP contribution in [0.2, 0.25) is 0 Å². The summed E-state index contributed by atoms with van der Waals surface area (Å²) in [4.78, 5) is 23.4. The number of alkyl halides is 3. The predicted octanol–water partition coefficient (Wildman–Crippen LogP) is 3.95. The van der Waals surface area contributed by atoms with E-state index in [1.165, 1.54) is 0 Å². The Morgan fingerprint density at radius 2 is 1.81 bits per heavy atom. The summed E-state index contributed by atoms with van der Waals surface area (Å²) in [6.45, 7) is 0.